The van der Waals surface area contributed by atoms with Crippen molar-refractivity contribution in [2.24, 2.45) is 0 Å². The smallest absolute Gasteiger partial charge is 0.260 e. The van der Waals surface area contributed by atoms with Crippen LogP contribution in [-0.4, -0.2) is 29.5 Å². The second-order valence-electron chi connectivity index (χ2n) is 10.4. The number of carbonyl (C=O) groups is 1. The summed E-state index contributed by atoms with van der Waals surface area (Å²) in [5, 5.41) is 4.36. The molecule has 3 aliphatic rings. The second-order valence-corrected chi connectivity index (χ2v) is 10.4. The van der Waals surface area contributed by atoms with Crippen LogP contribution in [0.15, 0.2) is 66.1 Å². The van der Waals surface area contributed by atoms with Gasteiger partial charge in [-0.05, 0) is 72.2 Å². The fourth-order valence-electron chi connectivity index (χ4n) is 6.31. The summed E-state index contributed by atoms with van der Waals surface area (Å²) in [6.07, 6.45) is 11.2. The Morgan fingerprint density at radius 1 is 1.16 bits per heavy atom. The molecular weight excluding hydrogens is 458 g/mol. The van der Waals surface area contributed by atoms with Gasteiger partial charge in [0, 0.05) is 35.3 Å². The molecule has 0 atom stereocenters. The zero-order chi connectivity index (χ0) is 25.7. The summed E-state index contributed by atoms with van der Waals surface area (Å²) in [6, 6.07) is 13.2. The zero-order valence-corrected chi connectivity index (χ0v) is 22.1. The third kappa shape index (κ3) is 3.88. The molecule has 0 unspecified atom stereocenters. The number of hydrogen-bond acceptors (Lipinski definition) is 3. The number of carbonyl (C=O) groups excluding carboxylic acids is 1. The largest absolute Gasteiger partial charge is 0.497 e. The maximum atomic E-state index is 13.8. The first-order chi connectivity index (χ1) is 18.0. The fraction of sp³-hybridized carbons (Fsp3) is 0.344. The van der Waals surface area contributed by atoms with E-state index >= 15 is 0 Å². The summed E-state index contributed by atoms with van der Waals surface area (Å²) in [5.41, 5.74) is 9.83. The third-order valence-electron chi connectivity index (χ3n) is 8.28. The molecule has 190 valence electrons. The van der Waals surface area contributed by atoms with Gasteiger partial charge in [-0.2, -0.15) is 0 Å². The van der Waals surface area contributed by atoms with Crippen LogP contribution in [0.3, 0.4) is 0 Å². The summed E-state index contributed by atoms with van der Waals surface area (Å²) >= 11 is 0. The van der Waals surface area contributed by atoms with Gasteiger partial charge in [0.1, 0.15) is 5.75 Å². The minimum absolute atomic E-state index is 0.0131. The maximum Gasteiger partial charge on any atom is 0.260 e. The molecule has 1 aromatic heterocycles. The molecule has 6 rings (SSSR count). The van der Waals surface area contributed by atoms with Crippen LogP contribution in [0.2, 0.25) is 0 Å². The molecule has 1 saturated carbocycles. The summed E-state index contributed by atoms with van der Waals surface area (Å²) in [4.78, 5) is 15.5. The number of fused-ring (bicyclic) bond motifs is 5. The molecule has 2 aromatic carbocycles. The summed E-state index contributed by atoms with van der Waals surface area (Å²) < 4.78 is 8.01. The number of nitrogens with zero attached hydrogens (tertiary/aromatic N) is 2. The highest BCUT2D eigenvalue weighted by Crippen LogP contribution is 2.47. The molecular formula is C32H35N3O2. The van der Waals surface area contributed by atoms with E-state index in [1.165, 1.54) is 65.4 Å². The number of rotatable bonds is 5. The number of ether oxygens (including phenoxy) is 1. The lowest BCUT2D eigenvalue weighted by molar-refractivity contribution is -0.121. The fourth-order valence-corrected chi connectivity index (χ4v) is 6.31. The SMILES string of the molecule is C=C1/C(=C\NC)N1C(=O)C1=Cc2cc(OC)ccc2-c2c(C3CCCCC3)c3ccc(CC)cc3n2C1. The standard InChI is InChI=1S/C32H35N3O2/c1-5-21-11-13-27-28(15-21)34-19-24(32(36)35-20(2)29(35)18-33-3)16-23-17-25(37-4)12-14-26(23)31(34)30(27)22-9-7-6-8-10-22/h11-18,22,33H,2,5-10,19H2,1,3-4H3/b29-18+. The Hall–Kier alpha value is -3.73. The molecule has 1 amide bonds. The van der Waals surface area contributed by atoms with Crippen molar-refractivity contribution >= 4 is 22.9 Å². The van der Waals surface area contributed by atoms with E-state index in [-0.39, 0.29) is 5.91 Å². The van der Waals surface area contributed by atoms with Crippen molar-refractivity contribution in [3.05, 3.63) is 82.8 Å². The molecule has 5 heteroatoms. The van der Waals surface area contributed by atoms with Gasteiger partial charge >= 0.3 is 0 Å². The van der Waals surface area contributed by atoms with Gasteiger partial charge in [-0.1, -0.05) is 44.9 Å². The van der Waals surface area contributed by atoms with E-state index in [1.54, 1.807) is 12.0 Å². The van der Waals surface area contributed by atoms with Gasteiger partial charge in [0.05, 0.1) is 30.7 Å². The van der Waals surface area contributed by atoms with E-state index < -0.39 is 0 Å². The first-order valence-electron chi connectivity index (χ1n) is 13.5. The number of methoxy groups -OCH3 is 1. The number of aryl methyl sites for hydroxylation is 1. The molecule has 3 heterocycles. The minimum atomic E-state index is -0.0131. The van der Waals surface area contributed by atoms with Gasteiger partial charge in [-0.3, -0.25) is 9.69 Å². The Kier molecular flexibility index (Phi) is 5.94. The Morgan fingerprint density at radius 3 is 2.70 bits per heavy atom. The predicted molar refractivity (Wildman–Crippen MR) is 150 cm³/mol. The normalized spacial score (nSPS) is 18.4. The number of hydrogen-bond donors (Lipinski definition) is 1. The topological polar surface area (TPSA) is 46.3 Å². The third-order valence-corrected chi connectivity index (χ3v) is 8.28. The van der Waals surface area contributed by atoms with Crippen LogP contribution in [0, 0.1) is 0 Å². The van der Waals surface area contributed by atoms with Crippen molar-refractivity contribution in [2.45, 2.75) is 57.9 Å². The van der Waals surface area contributed by atoms with Crippen molar-refractivity contribution in [1.29, 1.82) is 0 Å². The van der Waals surface area contributed by atoms with Crippen LogP contribution in [0.25, 0.3) is 28.2 Å². The van der Waals surface area contributed by atoms with Crippen molar-refractivity contribution in [3.63, 3.8) is 0 Å². The zero-order valence-electron chi connectivity index (χ0n) is 22.1. The molecule has 37 heavy (non-hydrogen) atoms. The van der Waals surface area contributed by atoms with Gasteiger partial charge in [0.25, 0.3) is 5.91 Å². The first-order valence-corrected chi connectivity index (χ1v) is 13.5. The Bertz CT molecular complexity index is 1480. The van der Waals surface area contributed by atoms with E-state index in [2.05, 4.69) is 59.8 Å². The Balaban J connectivity index is 1.60. The lowest BCUT2D eigenvalue weighted by atomic mass is 9.81. The first kappa shape index (κ1) is 23.7. The highest BCUT2D eigenvalue weighted by molar-refractivity contribution is 6.06. The lowest BCUT2D eigenvalue weighted by Gasteiger charge is -2.24. The average molecular weight is 494 g/mol. The minimum Gasteiger partial charge on any atom is -0.497 e. The van der Waals surface area contributed by atoms with Gasteiger partial charge in [-0.25, -0.2) is 0 Å². The van der Waals surface area contributed by atoms with E-state index in [4.69, 9.17) is 4.74 Å². The molecule has 0 radical (unpaired) electrons. The molecule has 2 fully saturated rings. The van der Waals surface area contributed by atoms with Crippen LogP contribution in [-0.2, 0) is 17.8 Å². The molecule has 0 bridgehead atoms. The van der Waals surface area contributed by atoms with Crippen molar-refractivity contribution in [2.75, 3.05) is 14.2 Å². The molecule has 1 saturated heterocycles. The van der Waals surface area contributed by atoms with Crippen LogP contribution >= 0.6 is 0 Å². The molecule has 0 spiro atoms. The lowest BCUT2D eigenvalue weighted by Crippen LogP contribution is -2.17. The van der Waals surface area contributed by atoms with Gasteiger partial charge < -0.3 is 14.6 Å². The number of nitrogens with one attached hydrogen (secondary N) is 1. The summed E-state index contributed by atoms with van der Waals surface area (Å²) in [6.45, 7) is 6.81. The van der Waals surface area contributed by atoms with Crippen LogP contribution in [0.4, 0.5) is 0 Å². The molecule has 1 N–H and O–H groups in total. The van der Waals surface area contributed by atoms with Crippen LogP contribution in [0.5, 0.6) is 5.75 Å². The predicted octanol–water partition coefficient (Wildman–Crippen LogP) is 6.74. The van der Waals surface area contributed by atoms with Gasteiger partial charge in [0.2, 0.25) is 0 Å². The Morgan fingerprint density at radius 2 is 1.97 bits per heavy atom. The number of amides is 1. The monoisotopic (exact) mass is 493 g/mol. The summed E-state index contributed by atoms with van der Waals surface area (Å²) in [5.74, 6) is 1.32. The highest BCUT2D eigenvalue weighted by Gasteiger charge is 2.40. The highest BCUT2D eigenvalue weighted by atomic mass is 16.5. The number of benzene rings is 2. The van der Waals surface area contributed by atoms with Gasteiger partial charge in [0.15, 0.2) is 0 Å². The van der Waals surface area contributed by atoms with Crippen LogP contribution in [0.1, 0.15) is 61.6 Å². The molecule has 3 aromatic rings. The molecule has 5 nitrogen and oxygen atoms in total. The molecule has 2 aliphatic heterocycles. The van der Waals surface area contributed by atoms with Crippen molar-refractivity contribution in [1.82, 2.24) is 14.8 Å². The van der Waals surface area contributed by atoms with E-state index in [9.17, 15) is 4.79 Å². The van der Waals surface area contributed by atoms with Crippen molar-refractivity contribution in [3.8, 4) is 17.0 Å². The van der Waals surface area contributed by atoms with E-state index in [1.807, 2.05) is 19.3 Å². The Labute approximate surface area is 219 Å². The summed E-state index contributed by atoms with van der Waals surface area (Å²) in [7, 11) is 3.53. The van der Waals surface area contributed by atoms with Crippen LogP contribution < -0.4 is 10.1 Å². The van der Waals surface area contributed by atoms with Crippen molar-refractivity contribution < 1.29 is 9.53 Å². The van der Waals surface area contributed by atoms with E-state index in [0.29, 0.717) is 12.5 Å². The quantitative estimate of drug-likeness (QED) is 0.400. The average Bonchev–Trinajstić information content (AvgIpc) is 3.51. The van der Waals surface area contributed by atoms with Gasteiger partial charge in [-0.15, -0.1) is 0 Å². The maximum absolute atomic E-state index is 13.8. The van der Waals surface area contributed by atoms with E-state index in [0.717, 1.165) is 34.7 Å². The second kappa shape index (κ2) is 9.29. The molecule has 1 aliphatic carbocycles. The number of aromatic nitrogens is 1.